The van der Waals surface area contributed by atoms with E-state index in [2.05, 4.69) is 10.3 Å². The molecular formula is C39H48N2O12. The molecule has 14 heteroatoms. The van der Waals surface area contributed by atoms with Crippen molar-refractivity contribution in [2.45, 2.75) is 85.6 Å². The molecule has 0 aromatic heterocycles. The third-order valence-corrected chi connectivity index (χ3v) is 10.3. The van der Waals surface area contributed by atoms with E-state index in [1.165, 1.54) is 60.1 Å². The molecule has 5 bridgehead atoms. The number of allylic oxidation sites excluding steroid dienone is 4. The predicted octanol–water partition coefficient (Wildman–Crippen LogP) is 3.70. The van der Waals surface area contributed by atoms with E-state index in [0.29, 0.717) is 0 Å². The third kappa shape index (κ3) is 7.62. The smallest absolute Gasteiger partial charge is 0.312 e. The fourth-order valence-corrected chi connectivity index (χ4v) is 6.97. The normalized spacial score (nSPS) is 32.6. The number of rotatable bonds is 3. The van der Waals surface area contributed by atoms with E-state index < -0.39 is 106 Å². The van der Waals surface area contributed by atoms with Crippen molar-refractivity contribution in [2.24, 2.45) is 28.7 Å². The van der Waals surface area contributed by atoms with Gasteiger partial charge in [0.1, 0.15) is 23.3 Å². The van der Waals surface area contributed by atoms with E-state index >= 15 is 0 Å². The van der Waals surface area contributed by atoms with E-state index in [0.717, 1.165) is 12.5 Å². The van der Waals surface area contributed by atoms with Crippen LogP contribution >= 0.6 is 0 Å². The number of aromatic hydroxyl groups is 1. The van der Waals surface area contributed by atoms with Crippen LogP contribution in [0.3, 0.4) is 0 Å². The zero-order valence-corrected chi connectivity index (χ0v) is 31.5. The molecule has 0 saturated carbocycles. The highest BCUT2D eigenvalue weighted by atomic mass is 16.7. The first-order valence-corrected chi connectivity index (χ1v) is 17.3. The van der Waals surface area contributed by atoms with Gasteiger partial charge >= 0.3 is 11.8 Å². The number of amides is 1. The molecule has 0 spiro atoms. The monoisotopic (exact) mass is 736 g/mol. The maximum atomic E-state index is 14.1. The number of nitrogens with one attached hydrogen (secondary N) is 1. The van der Waals surface area contributed by atoms with E-state index in [9.17, 15) is 39.3 Å². The van der Waals surface area contributed by atoms with E-state index in [1.54, 1.807) is 33.8 Å². The number of hydrogen-bond donors (Lipinski definition) is 4. The fraction of sp³-hybridized carbons (Fsp3) is 0.487. The third-order valence-electron chi connectivity index (χ3n) is 10.3. The molecule has 1 aromatic rings. The van der Waals surface area contributed by atoms with E-state index in [1.807, 2.05) is 0 Å². The Kier molecular flexibility index (Phi) is 12.3. The summed E-state index contributed by atoms with van der Waals surface area (Å²) in [6.07, 6.45) is 4.42. The second kappa shape index (κ2) is 16.0. The number of hydrogen-bond acceptors (Lipinski definition) is 13. The summed E-state index contributed by atoms with van der Waals surface area (Å²) in [4.78, 5) is 71.8. The van der Waals surface area contributed by atoms with Crippen molar-refractivity contribution in [3.05, 3.63) is 69.7 Å². The Labute approximate surface area is 308 Å². The van der Waals surface area contributed by atoms with Gasteiger partial charge in [-0.05, 0) is 19.9 Å². The molecule has 9 atom stereocenters. The molecule has 9 unspecified atom stereocenters. The van der Waals surface area contributed by atoms with Crippen LogP contribution in [0.1, 0.15) is 85.1 Å². The van der Waals surface area contributed by atoms with Crippen LogP contribution in [0.5, 0.6) is 11.5 Å². The molecule has 14 nitrogen and oxygen atoms in total. The predicted molar refractivity (Wildman–Crippen MR) is 193 cm³/mol. The van der Waals surface area contributed by atoms with Gasteiger partial charge in [-0.3, -0.25) is 29.0 Å². The Morgan fingerprint density at radius 3 is 2.23 bits per heavy atom. The maximum absolute atomic E-state index is 14.1. The van der Waals surface area contributed by atoms with Gasteiger partial charge < -0.3 is 39.6 Å². The van der Waals surface area contributed by atoms with Crippen molar-refractivity contribution in [2.75, 3.05) is 14.2 Å². The second-order valence-corrected chi connectivity index (χ2v) is 14.0. The summed E-state index contributed by atoms with van der Waals surface area (Å²) in [5.41, 5.74) is -1.85. The summed E-state index contributed by atoms with van der Waals surface area (Å²) in [5, 5.41) is 36.4. The number of carbonyl (C=O) groups excluding carboxylic acids is 5. The Morgan fingerprint density at radius 2 is 1.62 bits per heavy atom. The average molecular weight is 737 g/mol. The Balaban J connectivity index is 1.90. The standard InChI is InChI=1S/C39H48N2O12/c1-17-12-11-13-18(2)38(49)41-29-24(16-40-9)33(46)26-27(34(29)47)32(45)22(6)36-28(26)37(48)39(8,53-36)51-15-14-25(50-10)19(3)35(52-23(7)42)21(5)31(44)20(4)30(17)43/h11-17,19-21,25,30-31,35,43-45H,1-10H3,(H,41,49)/b12-11+,15-14+,18-13?,40-16?. The Morgan fingerprint density at radius 1 is 0.962 bits per heavy atom. The van der Waals surface area contributed by atoms with Gasteiger partial charge in [-0.2, -0.15) is 0 Å². The van der Waals surface area contributed by atoms with Crippen molar-refractivity contribution in [3.63, 3.8) is 0 Å². The number of fused-ring (bicyclic) bond motifs is 14. The van der Waals surface area contributed by atoms with Crippen LogP contribution in [0.15, 0.2) is 52.4 Å². The van der Waals surface area contributed by atoms with Crippen LogP contribution in [-0.4, -0.2) is 95.1 Å². The average Bonchev–Trinajstić information content (AvgIpc) is 3.38. The lowest BCUT2D eigenvalue weighted by molar-refractivity contribution is -0.160. The number of aliphatic hydroxyl groups excluding tert-OH is 2. The highest BCUT2D eigenvalue weighted by Gasteiger charge is 2.52. The summed E-state index contributed by atoms with van der Waals surface area (Å²) in [7, 11) is 2.77. The molecule has 4 aliphatic rings. The lowest BCUT2D eigenvalue weighted by atomic mass is 9.78. The minimum atomic E-state index is -2.07. The van der Waals surface area contributed by atoms with Crippen LogP contribution in [0.4, 0.5) is 0 Å². The number of esters is 1. The fourth-order valence-electron chi connectivity index (χ4n) is 6.97. The minimum Gasteiger partial charge on any atom is -0.507 e. The van der Waals surface area contributed by atoms with Crippen molar-refractivity contribution in [3.8, 4) is 11.5 Å². The topological polar surface area (TPSA) is 207 Å². The first kappa shape index (κ1) is 40.8. The molecule has 3 aliphatic heterocycles. The highest BCUT2D eigenvalue weighted by Crippen LogP contribution is 2.48. The number of phenols is 1. The second-order valence-electron chi connectivity index (χ2n) is 14.0. The summed E-state index contributed by atoms with van der Waals surface area (Å²) >= 11 is 0. The zero-order valence-electron chi connectivity index (χ0n) is 31.5. The molecule has 1 aliphatic carbocycles. The van der Waals surface area contributed by atoms with Crippen molar-refractivity contribution in [1.82, 2.24) is 5.32 Å². The molecular weight excluding hydrogens is 688 g/mol. The molecule has 1 amide bonds. The molecule has 5 rings (SSSR count). The quantitative estimate of drug-likeness (QED) is 0.259. The number of phenolic OH excluding ortho intramolecular Hbond substituents is 1. The molecule has 286 valence electrons. The minimum absolute atomic E-state index is 0.0136. The summed E-state index contributed by atoms with van der Waals surface area (Å²) in [6, 6.07) is 0. The number of aliphatic imine (C=N–C) groups is 1. The van der Waals surface area contributed by atoms with Gasteiger partial charge in [0.2, 0.25) is 5.78 Å². The van der Waals surface area contributed by atoms with Crippen molar-refractivity contribution in [1.29, 1.82) is 0 Å². The summed E-state index contributed by atoms with van der Waals surface area (Å²) in [6.45, 7) is 12.3. The van der Waals surface area contributed by atoms with Gasteiger partial charge in [0, 0.05) is 69.0 Å². The van der Waals surface area contributed by atoms with Gasteiger partial charge in [-0.15, -0.1) is 0 Å². The zero-order chi connectivity index (χ0) is 39.7. The van der Waals surface area contributed by atoms with Gasteiger partial charge in [0.25, 0.3) is 11.7 Å². The molecule has 4 N–H and O–H groups in total. The maximum Gasteiger partial charge on any atom is 0.312 e. The van der Waals surface area contributed by atoms with Crippen LogP contribution in [-0.2, 0) is 23.8 Å². The van der Waals surface area contributed by atoms with Crippen molar-refractivity contribution >= 4 is 35.4 Å². The molecule has 0 radical (unpaired) electrons. The van der Waals surface area contributed by atoms with Gasteiger partial charge in [-0.25, -0.2) is 0 Å². The lowest BCUT2D eigenvalue weighted by Gasteiger charge is -2.38. The number of methoxy groups -OCH3 is 1. The van der Waals surface area contributed by atoms with Gasteiger partial charge in [-0.1, -0.05) is 45.9 Å². The number of ketones is 3. The first-order chi connectivity index (χ1) is 24.8. The molecule has 0 saturated heterocycles. The van der Waals surface area contributed by atoms with Crippen molar-refractivity contribution < 1.29 is 58.2 Å². The van der Waals surface area contributed by atoms with Gasteiger partial charge in [0.15, 0.2) is 5.78 Å². The molecule has 53 heavy (non-hydrogen) atoms. The SMILES string of the molecule is CN=CC1=C2NC(=O)C(C)=C/C=C/C(C)C(O)C(C)C(O)C(C)C(OC(C)=O)C(C)C(OC)/C=C/OC3(C)Oc4c(C)c(O)c(c(c4C3=O)C1=O)C2=O. The number of ether oxygens (including phenoxy) is 4. The molecule has 0 fully saturated rings. The van der Waals surface area contributed by atoms with E-state index in [-0.39, 0.29) is 28.0 Å². The largest absolute Gasteiger partial charge is 0.507 e. The van der Waals surface area contributed by atoms with E-state index in [4.69, 9.17) is 18.9 Å². The number of Topliss-reactive ketones (excluding diaryl/α,β-unsaturated/α-hetero) is 3. The number of carbonyl (C=O) groups is 5. The first-order valence-electron chi connectivity index (χ1n) is 17.3. The Bertz CT molecular complexity index is 1860. The molecule has 1 aromatic carbocycles. The lowest BCUT2D eigenvalue weighted by Crippen LogP contribution is -2.46. The summed E-state index contributed by atoms with van der Waals surface area (Å²) in [5.74, 6) is -9.32. The van der Waals surface area contributed by atoms with Crippen LogP contribution < -0.4 is 10.1 Å². The number of benzene rings is 1. The molecule has 3 heterocycles. The van der Waals surface area contributed by atoms with Crippen LogP contribution in [0.2, 0.25) is 0 Å². The summed E-state index contributed by atoms with van der Waals surface area (Å²) < 4.78 is 23.2. The Hall–Kier alpha value is -4.92. The van der Waals surface area contributed by atoms with Crippen LogP contribution in [0, 0.1) is 30.6 Å². The van der Waals surface area contributed by atoms with Crippen LogP contribution in [0.25, 0.3) is 0 Å². The van der Waals surface area contributed by atoms with Gasteiger partial charge in [0.05, 0.1) is 46.8 Å². The number of nitrogens with zero attached hydrogens (tertiary/aromatic N) is 1. The highest BCUT2D eigenvalue weighted by molar-refractivity contribution is 6.37. The number of aliphatic hydroxyl groups is 2.